The number of aliphatic carboxylic acids is 1. The Balaban J connectivity index is 1.36. The number of fused-ring (bicyclic) bond motifs is 3. The molecule has 2 aliphatic rings. The fourth-order valence-electron chi connectivity index (χ4n) is 5.08. The Labute approximate surface area is 193 Å². The Morgan fingerprint density at radius 1 is 1.06 bits per heavy atom. The molecule has 1 fully saturated rings. The first-order valence-electron chi connectivity index (χ1n) is 11.5. The molecule has 2 aromatic carbocycles. The van der Waals surface area contributed by atoms with Crippen molar-refractivity contribution >= 4 is 18.0 Å². The molecule has 1 saturated carbocycles. The van der Waals surface area contributed by atoms with Crippen LogP contribution in [0, 0.1) is 11.8 Å². The van der Waals surface area contributed by atoms with E-state index in [2.05, 4.69) is 29.6 Å². The second kappa shape index (κ2) is 9.65. The highest BCUT2D eigenvalue weighted by Crippen LogP contribution is 2.44. The summed E-state index contributed by atoms with van der Waals surface area (Å²) in [5.41, 5.74) is 4.63. The number of benzene rings is 2. The van der Waals surface area contributed by atoms with E-state index in [0.717, 1.165) is 17.5 Å². The zero-order valence-electron chi connectivity index (χ0n) is 19.0. The van der Waals surface area contributed by atoms with Crippen LogP contribution in [0.1, 0.15) is 43.2 Å². The summed E-state index contributed by atoms with van der Waals surface area (Å²) >= 11 is 0. The van der Waals surface area contributed by atoms with Crippen molar-refractivity contribution < 1.29 is 24.2 Å². The molecule has 0 bridgehead atoms. The fourth-order valence-corrected chi connectivity index (χ4v) is 5.08. The lowest BCUT2D eigenvalue weighted by Crippen LogP contribution is -2.46. The van der Waals surface area contributed by atoms with Gasteiger partial charge < -0.3 is 20.1 Å². The van der Waals surface area contributed by atoms with Gasteiger partial charge in [0, 0.05) is 25.6 Å². The van der Waals surface area contributed by atoms with Crippen LogP contribution in [0.4, 0.5) is 4.79 Å². The van der Waals surface area contributed by atoms with Crippen molar-refractivity contribution in [2.75, 3.05) is 20.2 Å². The number of amides is 2. The summed E-state index contributed by atoms with van der Waals surface area (Å²) in [5, 5.41) is 12.0. The minimum Gasteiger partial charge on any atom is -0.481 e. The van der Waals surface area contributed by atoms with Crippen LogP contribution in [-0.2, 0) is 14.3 Å². The third-order valence-corrected chi connectivity index (χ3v) is 6.83. The molecule has 2 amide bonds. The van der Waals surface area contributed by atoms with Crippen LogP contribution >= 0.6 is 0 Å². The van der Waals surface area contributed by atoms with Crippen molar-refractivity contribution in [3.63, 3.8) is 0 Å². The van der Waals surface area contributed by atoms with Gasteiger partial charge in [-0.25, -0.2) is 4.79 Å². The summed E-state index contributed by atoms with van der Waals surface area (Å²) in [4.78, 5) is 38.1. The highest BCUT2D eigenvalue weighted by molar-refractivity contribution is 5.82. The second-order valence-corrected chi connectivity index (χ2v) is 9.07. The van der Waals surface area contributed by atoms with Gasteiger partial charge in [-0.3, -0.25) is 9.59 Å². The molecular weight excluding hydrogens is 420 g/mol. The highest BCUT2D eigenvalue weighted by atomic mass is 16.5. The minimum absolute atomic E-state index is 0.0206. The lowest BCUT2D eigenvalue weighted by atomic mass is 9.98. The maximum Gasteiger partial charge on any atom is 0.407 e. The topological polar surface area (TPSA) is 95.9 Å². The van der Waals surface area contributed by atoms with Gasteiger partial charge >= 0.3 is 12.1 Å². The Morgan fingerprint density at radius 3 is 2.27 bits per heavy atom. The van der Waals surface area contributed by atoms with Crippen molar-refractivity contribution in [1.82, 2.24) is 10.2 Å². The van der Waals surface area contributed by atoms with E-state index >= 15 is 0 Å². The van der Waals surface area contributed by atoms with E-state index in [1.165, 1.54) is 16.0 Å². The van der Waals surface area contributed by atoms with Gasteiger partial charge in [-0.2, -0.15) is 0 Å². The van der Waals surface area contributed by atoms with E-state index in [9.17, 15) is 14.4 Å². The predicted molar refractivity (Wildman–Crippen MR) is 124 cm³/mol. The molecule has 0 spiro atoms. The lowest BCUT2D eigenvalue weighted by molar-refractivity contribution is -0.143. The number of alkyl carbamates (subject to hydrolysis) is 1. The number of ether oxygens (including phenoxy) is 1. The molecule has 4 rings (SSSR count). The van der Waals surface area contributed by atoms with Crippen LogP contribution in [0.3, 0.4) is 0 Å². The summed E-state index contributed by atoms with van der Waals surface area (Å²) in [6.45, 7) is 1.94. The van der Waals surface area contributed by atoms with Crippen molar-refractivity contribution in [3.8, 4) is 11.1 Å². The van der Waals surface area contributed by atoms with E-state index in [0.29, 0.717) is 12.8 Å². The molecule has 2 N–H and O–H groups in total. The largest absolute Gasteiger partial charge is 0.481 e. The summed E-state index contributed by atoms with van der Waals surface area (Å²) in [6.07, 6.45) is 1.66. The fraction of sp³-hybridized carbons (Fsp3) is 0.423. The van der Waals surface area contributed by atoms with Crippen LogP contribution in [0.25, 0.3) is 11.1 Å². The van der Waals surface area contributed by atoms with Crippen LogP contribution in [0.5, 0.6) is 0 Å². The van der Waals surface area contributed by atoms with Gasteiger partial charge in [0.15, 0.2) is 0 Å². The zero-order valence-corrected chi connectivity index (χ0v) is 19.0. The summed E-state index contributed by atoms with van der Waals surface area (Å²) in [6, 6.07) is 16.0. The number of carboxylic acid groups (broad SMARTS) is 1. The van der Waals surface area contributed by atoms with Crippen molar-refractivity contribution in [3.05, 3.63) is 59.7 Å². The molecule has 0 heterocycles. The Kier molecular flexibility index (Phi) is 6.67. The second-order valence-electron chi connectivity index (χ2n) is 9.07. The van der Waals surface area contributed by atoms with Crippen molar-refractivity contribution in [2.24, 2.45) is 11.8 Å². The number of carbonyl (C=O) groups is 3. The highest BCUT2D eigenvalue weighted by Gasteiger charge is 2.37. The number of rotatable bonds is 7. The van der Waals surface area contributed by atoms with E-state index in [1.54, 1.807) is 14.0 Å². The van der Waals surface area contributed by atoms with Gasteiger partial charge in [0.05, 0.1) is 11.8 Å². The third kappa shape index (κ3) is 4.72. The van der Waals surface area contributed by atoms with Crippen molar-refractivity contribution in [2.45, 2.75) is 38.1 Å². The molecule has 7 heteroatoms. The molecule has 0 aromatic heterocycles. The minimum atomic E-state index is -0.936. The van der Waals surface area contributed by atoms with Gasteiger partial charge in [-0.15, -0.1) is 0 Å². The molecule has 0 saturated heterocycles. The number of nitrogens with zero attached hydrogens (tertiary/aromatic N) is 1. The molecule has 1 unspecified atom stereocenters. The molecule has 2 aliphatic carbocycles. The van der Waals surface area contributed by atoms with E-state index < -0.39 is 18.0 Å². The molecule has 3 atom stereocenters. The Bertz CT molecular complexity index is 1010. The molecule has 0 radical (unpaired) electrons. The molecule has 7 nitrogen and oxygen atoms in total. The van der Waals surface area contributed by atoms with E-state index in [4.69, 9.17) is 9.84 Å². The first kappa shape index (κ1) is 22.8. The number of nitrogens with one attached hydrogen (secondary N) is 1. The SMILES string of the molecule is CC(CN(C)C(=O)[C@@H]1CCC[C@@H]1NC(=O)OCC1c2ccccc2-c2ccccc21)C(=O)O. The van der Waals surface area contributed by atoms with Gasteiger partial charge in [-0.05, 0) is 35.1 Å². The van der Waals surface area contributed by atoms with Crippen molar-refractivity contribution in [1.29, 1.82) is 0 Å². The maximum absolute atomic E-state index is 12.9. The Morgan fingerprint density at radius 2 is 1.67 bits per heavy atom. The molecule has 0 aliphatic heterocycles. The zero-order chi connectivity index (χ0) is 23.5. The van der Waals surface area contributed by atoms with Crippen LogP contribution in [0.15, 0.2) is 48.5 Å². The monoisotopic (exact) mass is 450 g/mol. The van der Waals surface area contributed by atoms with Gasteiger partial charge in [-0.1, -0.05) is 61.9 Å². The molecule has 33 heavy (non-hydrogen) atoms. The maximum atomic E-state index is 12.9. The van der Waals surface area contributed by atoms with E-state index in [1.807, 2.05) is 24.3 Å². The standard InChI is InChI=1S/C26H30N2O5/c1-16(25(30)31)14-28(2)24(29)21-12-7-13-23(21)27-26(32)33-15-22-19-10-5-3-8-17(19)18-9-4-6-11-20(18)22/h3-6,8-11,16,21-23H,7,12-15H2,1-2H3,(H,27,32)(H,30,31)/t16?,21-,23+/m1/s1. The number of carboxylic acids is 1. The quantitative estimate of drug-likeness (QED) is 0.668. The first-order valence-corrected chi connectivity index (χ1v) is 11.5. The van der Waals surface area contributed by atoms with Crippen LogP contribution in [-0.4, -0.2) is 54.2 Å². The Hall–Kier alpha value is -3.35. The number of hydrogen-bond donors (Lipinski definition) is 2. The number of carbonyl (C=O) groups excluding carboxylic acids is 2. The predicted octanol–water partition coefficient (Wildman–Crippen LogP) is 3.87. The summed E-state index contributed by atoms with van der Waals surface area (Å²) < 4.78 is 5.63. The third-order valence-electron chi connectivity index (χ3n) is 6.83. The molecule has 2 aromatic rings. The summed E-state index contributed by atoms with van der Waals surface area (Å²) in [5.74, 6) is -2.10. The van der Waals surface area contributed by atoms with Crippen LogP contribution < -0.4 is 5.32 Å². The van der Waals surface area contributed by atoms with Gasteiger partial charge in [0.25, 0.3) is 0 Å². The normalized spacial score (nSPS) is 19.9. The lowest BCUT2D eigenvalue weighted by Gasteiger charge is -2.26. The smallest absolute Gasteiger partial charge is 0.407 e. The first-order chi connectivity index (χ1) is 15.9. The van der Waals surface area contributed by atoms with Gasteiger partial charge in [0.1, 0.15) is 6.61 Å². The average Bonchev–Trinajstić information content (AvgIpc) is 3.39. The summed E-state index contributed by atoms with van der Waals surface area (Å²) in [7, 11) is 1.62. The van der Waals surface area contributed by atoms with Gasteiger partial charge in [0.2, 0.25) is 5.91 Å². The molecule has 174 valence electrons. The number of hydrogen-bond acceptors (Lipinski definition) is 4. The molecular formula is C26H30N2O5. The van der Waals surface area contributed by atoms with Crippen LogP contribution in [0.2, 0.25) is 0 Å². The average molecular weight is 451 g/mol. The van der Waals surface area contributed by atoms with E-state index in [-0.39, 0.29) is 36.9 Å².